The minimum absolute atomic E-state index is 0.228. The van der Waals surface area contributed by atoms with Gasteiger partial charge >= 0.3 is 6.03 Å². The predicted octanol–water partition coefficient (Wildman–Crippen LogP) is 4.26. The van der Waals surface area contributed by atoms with E-state index in [1.165, 1.54) is 5.56 Å². The zero-order valence-corrected chi connectivity index (χ0v) is 18.5. The van der Waals surface area contributed by atoms with E-state index in [-0.39, 0.29) is 12.1 Å². The summed E-state index contributed by atoms with van der Waals surface area (Å²) in [4.78, 5) is 12.0. The van der Waals surface area contributed by atoms with Gasteiger partial charge in [-0.3, -0.25) is 4.57 Å². The summed E-state index contributed by atoms with van der Waals surface area (Å²) in [5, 5.41) is 15.3. The molecule has 30 heavy (non-hydrogen) atoms. The van der Waals surface area contributed by atoms with E-state index in [2.05, 4.69) is 46.0 Å². The van der Waals surface area contributed by atoms with Gasteiger partial charge in [-0.25, -0.2) is 4.79 Å². The summed E-state index contributed by atoms with van der Waals surface area (Å²) in [6, 6.07) is 15.6. The lowest BCUT2D eigenvalue weighted by atomic mass is 10.2. The Labute approximate surface area is 181 Å². The third-order valence-corrected chi connectivity index (χ3v) is 5.52. The van der Waals surface area contributed by atoms with Crippen LogP contribution in [0, 0.1) is 6.92 Å². The van der Waals surface area contributed by atoms with Gasteiger partial charge in [0.1, 0.15) is 5.75 Å². The maximum absolute atomic E-state index is 12.0. The fourth-order valence-electron chi connectivity index (χ4n) is 2.97. The van der Waals surface area contributed by atoms with Gasteiger partial charge in [0.2, 0.25) is 0 Å². The number of carbonyl (C=O) groups is 1. The molecule has 0 aliphatic heterocycles. The number of nitrogens with zero attached hydrogens (tertiary/aromatic N) is 3. The molecule has 1 heterocycles. The van der Waals surface area contributed by atoms with E-state index in [0.717, 1.165) is 27.9 Å². The van der Waals surface area contributed by atoms with Crippen LogP contribution in [0.15, 0.2) is 53.7 Å². The average molecular weight is 426 g/mol. The molecule has 2 aromatic carbocycles. The van der Waals surface area contributed by atoms with Crippen molar-refractivity contribution in [1.29, 1.82) is 0 Å². The molecule has 3 rings (SSSR count). The van der Waals surface area contributed by atoms with Crippen LogP contribution in [0.2, 0.25) is 0 Å². The minimum atomic E-state index is -0.309. The molecule has 2 N–H and O–H groups in total. The molecule has 0 fully saturated rings. The van der Waals surface area contributed by atoms with E-state index in [0.29, 0.717) is 12.4 Å². The van der Waals surface area contributed by atoms with Gasteiger partial charge in [0.05, 0.1) is 13.2 Å². The quantitative estimate of drug-likeness (QED) is 0.527. The fourth-order valence-corrected chi connectivity index (χ4v) is 3.88. The van der Waals surface area contributed by atoms with E-state index in [4.69, 9.17) is 4.74 Å². The topological polar surface area (TPSA) is 81.1 Å². The van der Waals surface area contributed by atoms with Crippen molar-refractivity contribution in [2.75, 3.05) is 13.7 Å². The molecule has 2 amide bonds. The number of aromatic nitrogens is 3. The lowest BCUT2D eigenvalue weighted by Crippen LogP contribution is -2.37. The van der Waals surface area contributed by atoms with Crippen molar-refractivity contribution in [2.24, 2.45) is 0 Å². The fraction of sp³-hybridized carbons (Fsp3) is 0.318. The van der Waals surface area contributed by atoms with Crippen molar-refractivity contribution < 1.29 is 9.53 Å². The molecule has 0 radical (unpaired) electrons. The number of rotatable bonds is 8. The monoisotopic (exact) mass is 425 g/mol. The maximum Gasteiger partial charge on any atom is 0.315 e. The van der Waals surface area contributed by atoms with E-state index in [1.807, 2.05) is 48.7 Å². The summed E-state index contributed by atoms with van der Waals surface area (Å²) in [6.45, 7) is 6.40. The van der Waals surface area contributed by atoms with Crippen LogP contribution in [0.1, 0.15) is 36.8 Å². The molecule has 3 aromatic rings. The molecular formula is C22H27N5O2S. The zero-order valence-electron chi connectivity index (χ0n) is 17.7. The van der Waals surface area contributed by atoms with Gasteiger partial charge in [-0.1, -0.05) is 41.6 Å². The summed E-state index contributed by atoms with van der Waals surface area (Å²) < 4.78 is 7.32. The molecule has 158 valence electrons. The molecule has 0 spiro atoms. The third kappa shape index (κ3) is 5.33. The molecule has 0 saturated heterocycles. The van der Waals surface area contributed by atoms with Crippen molar-refractivity contribution in [3.63, 3.8) is 0 Å². The number of hydrogen-bond acceptors (Lipinski definition) is 5. The third-order valence-electron chi connectivity index (χ3n) is 4.52. The van der Waals surface area contributed by atoms with Crippen LogP contribution in [-0.4, -0.2) is 34.5 Å². The Morgan fingerprint density at radius 2 is 1.97 bits per heavy atom. The normalized spacial score (nSPS) is 11.7. The van der Waals surface area contributed by atoms with E-state index in [9.17, 15) is 4.79 Å². The Morgan fingerprint density at radius 1 is 1.20 bits per heavy atom. The summed E-state index contributed by atoms with van der Waals surface area (Å²) in [5.41, 5.74) is 3.26. The average Bonchev–Trinajstić information content (AvgIpc) is 3.17. The molecule has 0 saturated carbocycles. The first-order valence-electron chi connectivity index (χ1n) is 9.84. The predicted molar refractivity (Wildman–Crippen MR) is 119 cm³/mol. The standard InChI is InChI=1S/C22H27N5O2S/c1-5-23-21(28)24-16(3)20-25-26-22(27(20)18-11-9-15(2)10-12-18)30-14-17-7-6-8-19(13-17)29-4/h6-13,16H,5,14H2,1-4H3,(H2,23,24,28)/t16-/m0/s1. The van der Waals surface area contributed by atoms with E-state index >= 15 is 0 Å². The zero-order chi connectivity index (χ0) is 21.5. The van der Waals surface area contributed by atoms with Crippen molar-refractivity contribution in [2.45, 2.75) is 37.7 Å². The Morgan fingerprint density at radius 3 is 2.67 bits per heavy atom. The second kappa shape index (κ2) is 10.2. The largest absolute Gasteiger partial charge is 0.497 e. The van der Waals surface area contributed by atoms with Crippen LogP contribution >= 0.6 is 11.8 Å². The molecule has 0 aliphatic carbocycles. The number of benzene rings is 2. The van der Waals surface area contributed by atoms with Crippen molar-refractivity contribution in [1.82, 2.24) is 25.4 Å². The smallest absolute Gasteiger partial charge is 0.315 e. The highest BCUT2D eigenvalue weighted by molar-refractivity contribution is 7.98. The second-order valence-corrected chi connectivity index (χ2v) is 7.82. The Hall–Kier alpha value is -3.00. The molecule has 0 aliphatic rings. The highest BCUT2D eigenvalue weighted by Gasteiger charge is 2.21. The number of carbonyl (C=O) groups excluding carboxylic acids is 1. The molecular weight excluding hydrogens is 398 g/mol. The summed E-state index contributed by atoms with van der Waals surface area (Å²) >= 11 is 1.59. The van der Waals surface area contributed by atoms with Crippen molar-refractivity contribution in [3.05, 3.63) is 65.5 Å². The number of nitrogens with one attached hydrogen (secondary N) is 2. The van der Waals surface area contributed by atoms with Crippen LogP contribution in [0.25, 0.3) is 5.69 Å². The first kappa shape index (κ1) is 21.7. The molecule has 8 heteroatoms. The van der Waals surface area contributed by atoms with Crippen LogP contribution < -0.4 is 15.4 Å². The lowest BCUT2D eigenvalue weighted by Gasteiger charge is -2.16. The molecule has 0 unspecified atom stereocenters. The minimum Gasteiger partial charge on any atom is -0.497 e. The van der Waals surface area contributed by atoms with Gasteiger partial charge in [0, 0.05) is 18.0 Å². The summed E-state index contributed by atoms with van der Waals surface area (Å²) in [7, 11) is 1.66. The van der Waals surface area contributed by atoms with Crippen molar-refractivity contribution in [3.8, 4) is 11.4 Å². The van der Waals surface area contributed by atoms with Gasteiger partial charge in [-0.05, 0) is 50.6 Å². The van der Waals surface area contributed by atoms with Gasteiger partial charge in [0.25, 0.3) is 0 Å². The maximum atomic E-state index is 12.0. The van der Waals surface area contributed by atoms with Crippen LogP contribution in [0.4, 0.5) is 4.79 Å². The molecule has 1 aromatic heterocycles. The molecule has 0 bridgehead atoms. The number of ether oxygens (including phenoxy) is 1. The van der Waals surface area contributed by atoms with Crippen molar-refractivity contribution >= 4 is 17.8 Å². The highest BCUT2D eigenvalue weighted by atomic mass is 32.2. The number of hydrogen-bond donors (Lipinski definition) is 2. The lowest BCUT2D eigenvalue weighted by molar-refractivity contribution is 0.238. The van der Waals surface area contributed by atoms with Gasteiger partial charge in [-0.15, -0.1) is 10.2 Å². The first-order valence-corrected chi connectivity index (χ1v) is 10.8. The molecule has 7 nitrogen and oxygen atoms in total. The second-order valence-electron chi connectivity index (χ2n) is 6.88. The Bertz CT molecular complexity index is 987. The highest BCUT2D eigenvalue weighted by Crippen LogP contribution is 2.28. The number of aryl methyl sites for hydroxylation is 1. The number of methoxy groups -OCH3 is 1. The van der Waals surface area contributed by atoms with E-state index < -0.39 is 0 Å². The number of thioether (sulfide) groups is 1. The van der Waals surface area contributed by atoms with Crippen LogP contribution in [0.5, 0.6) is 5.75 Å². The number of urea groups is 1. The molecule has 1 atom stereocenters. The summed E-state index contributed by atoms with van der Waals surface area (Å²) in [5.74, 6) is 2.23. The Kier molecular flexibility index (Phi) is 7.35. The van der Waals surface area contributed by atoms with Crippen LogP contribution in [0.3, 0.4) is 0 Å². The Balaban J connectivity index is 1.89. The summed E-state index contributed by atoms with van der Waals surface area (Å²) in [6.07, 6.45) is 0. The first-order chi connectivity index (χ1) is 14.5. The van der Waals surface area contributed by atoms with Crippen LogP contribution in [-0.2, 0) is 5.75 Å². The van der Waals surface area contributed by atoms with E-state index in [1.54, 1.807) is 18.9 Å². The van der Waals surface area contributed by atoms with Gasteiger partial charge in [0.15, 0.2) is 11.0 Å². The van der Waals surface area contributed by atoms with Gasteiger partial charge < -0.3 is 15.4 Å². The SMILES string of the molecule is CCNC(=O)N[C@@H](C)c1nnc(SCc2cccc(OC)c2)n1-c1ccc(C)cc1. The number of amides is 2. The van der Waals surface area contributed by atoms with Gasteiger partial charge in [-0.2, -0.15) is 0 Å².